The molecule has 1 rings (SSSR count). The molecule has 13 heavy (non-hydrogen) atoms. The summed E-state index contributed by atoms with van der Waals surface area (Å²) in [6.45, 7) is 0.823. The van der Waals surface area contributed by atoms with Gasteiger partial charge in [-0.1, -0.05) is 15.9 Å². The zero-order chi connectivity index (χ0) is 8.97. The molecule has 0 aromatic heterocycles. The van der Waals surface area contributed by atoms with Gasteiger partial charge in [0.25, 0.3) is 0 Å². The summed E-state index contributed by atoms with van der Waals surface area (Å²) >= 11 is 3.15. The first-order valence-corrected chi connectivity index (χ1v) is 4.30. The third-order valence-electron chi connectivity index (χ3n) is 1.22. The van der Waals surface area contributed by atoms with Crippen LogP contribution in [0, 0.1) is 5.82 Å². The Balaban J connectivity index is 0.00000144. The Morgan fingerprint density at radius 1 is 1.38 bits per heavy atom. The van der Waals surface area contributed by atoms with E-state index in [-0.39, 0.29) is 18.2 Å². The van der Waals surface area contributed by atoms with E-state index < -0.39 is 0 Å². The molecule has 2 nitrogen and oxygen atoms in total. The SMILES string of the molecule is Cl.NCCOc1cc(F)cc(Br)c1. The van der Waals surface area contributed by atoms with Crippen molar-refractivity contribution in [1.82, 2.24) is 0 Å². The Bertz CT molecular complexity index is 252. The predicted molar refractivity (Wildman–Crippen MR) is 55.9 cm³/mol. The lowest BCUT2D eigenvalue weighted by molar-refractivity contribution is 0.326. The molecule has 2 N–H and O–H groups in total. The summed E-state index contributed by atoms with van der Waals surface area (Å²) in [6.07, 6.45) is 0. The number of benzene rings is 1. The van der Waals surface area contributed by atoms with E-state index in [1.54, 1.807) is 6.07 Å². The fraction of sp³-hybridized carbons (Fsp3) is 0.250. The highest BCUT2D eigenvalue weighted by Gasteiger charge is 1.98. The molecule has 0 saturated heterocycles. The highest BCUT2D eigenvalue weighted by Crippen LogP contribution is 2.20. The van der Waals surface area contributed by atoms with Crippen molar-refractivity contribution in [3.63, 3.8) is 0 Å². The summed E-state index contributed by atoms with van der Waals surface area (Å²) in [4.78, 5) is 0. The second kappa shape index (κ2) is 6.18. The molecule has 0 unspecified atom stereocenters. The van der Waals surface area contributed by atoms with Crippen molar-refractivity contribution in [2.45, 2.75) is 0 Å². The van der Waals surface area contributed by atoms with Gasteiger partial charge in [0.2, 0.25) is 0 Å². The van der Waals surface area contributed by atoms with Crippen molar-refractivity contribution < 1.29 is 9.13 Å². The highest BCUT2D eigenvalue weighted by molar-refractivity contribution is 9.10. The molecule has 0 fully saturated rings. The summed E-state index contributed by atoms with van der Waals surface area (Å²) < 4.78 is 18.5. The van der Waals surface area contributed by atoms with Gasteiger partial charge < -0.3 is 10.5 Å². The molecule has 0 spiro atoms. The third-order valence-corrected chi connectivity index (χ3v) is 1.68. The first-order valence-electron chi connectivity index (χ1n) is 3.51. The van der Waals surface area contributed by atoms with E-state index in [1.807, 2.05) is 0 Å². The van der Waals surface area contributed by atoms with Crippen molar-refractivity contribution in [3.05, 3.63) is 28.5 Å². The van der Waals surface area contributed by atoms with E-state index in [0.717, 1.165) is 0 Å². The average Bonchev–Trinajstić information content (AvgIpc) is 1.99. The lowest BCUT2D eigenvalue weighted by atomic mass is 10.3. The predicted octanol–water partition coefficient (Wildman–Crippen LogP) is 2.35. The van der Waals surface area contributed by atoms with Crippen LogP contribution in [0.15, 0.2) is 22.7 Å². The van der Waals surface area contributed by atoms with Crippen LogP contribution in [-0.4, -0.2) is 13.2 Å². The molecular formula is C8H10BrClFNO. The second-order valence-corrected chi connectivity index (χ2v) is 3.16. The van der Waals surface area contributed by atoms with Gasteiger partial charge in [-0.2, -0.15) is 0 Å². The molecule has 1 aromatic rings. The second-order valence-electron chi connectivity index (χ2n) is 2.24. The van der Waals surface area contributed by atoms with Crippen LogP contribution in [0.25, 0.3) is 0 Å². The number of ether oxygens (including phenoxy) is 1. The molecule has 0 aliphatic heterocycles. The van der Waals surface area contributed by atoms with Crippen LogP contribution >= 0.6 is 28.3 Å². The Labute approximate surface area is 90.8 Å². The quantitative estimate of drug-likeness (QED) is 0.915. The maximum absolute atomic E-state index is 12.7. The van der Waals surface area contributed by atoms with Crippen molar-refractivity contribution in [2.24, 2.45) is 5.73 Å². The van der Waals surface area contributed by atoms with E-state index in [4.69, 9.17) is 10.5 Å². The van der Waals surface area contributed by atoms with E-state index in [2.05, 4.69) is 15.9 Å². The van der Waals surface area contributed by atoms with Crippen molar-refractivity contribution in [3.8, 4) is 5.75 Å². The minimum Gasteiger partial charge on any atom is -0.492 e. The Morgan fingerprint density at radius 2 is 2.08 bits per heavy atom. The number of nitrogens with two attached hydrogens (primary N) is 1. The smallest absolute Gasteiger partial charge is 0.128 e. The third kappa shape index (κ3) is 4.45. The zero-order valence-corrected chi connectivity index (χ0v) is 9.20. The lowest BCUT2D eigenvalue weighted by Gasteiger charge is -2.04. The van der Waals surface area contributed by atoms with E-state index >= 15 is 0 Å². The molecule has 0 aliphatic rings. The van der Waals surface area contributed by atoms with Crippen LogP contribution in [-0.2, 0) is 0 Å². The average molecular weight is 271 g/mol. The number of hydrogen-bond donors (Lipinski definition) is 1. The Morgan fingerprint density at radius 3 is 2.62 bits per heavy atom. The van der Waals surface area contributed by atoms with Gasteiger partial charge in [-0.05, 0) is 12.1 Å². The molecule has 0 radical (unpaired) electrons. The van der Waals surface area contributed by atoms with Gasteiger partial charge in [0.1, 0.15) is 18.2 Å². The summed E-state index contributed by atoms with van der Waals surface area (Å²) in [7, 11) is 0. The lowest BCUT2D eigenvalue weighted by Crippen LogP contribution is -2.10. The van der Waals surface area contributed by atoms with Gasteiger partial charge in [-0.3, -0.25) is 0 Å². The number of halogens is 3. The summed E-state index contributed by atoms with van der Waals surface area (Å²) in [6, 6.07) is 4.38. The van der Waals surface area contributed by atoms with Gasteiger partial charge >= 0.3 is 0 Å². The van der Waals surface area contributed by atoms with Crippen LogP contribution in [0.5, 0.6) is 5.75 Å². The minimum atomic E-state index is -0.323. The van der Waals surface area contributed by atoms with E-state index in [0.29, 0.717) is 23.4 Å². The topological polar surface area (TPSA) is 35.2 Å². The first kappa shape index (κ1) is 12.7. The fourth-order valence-electron chi connectivity index (χ4n) is 0.789. The van der Waals surface area contributed by atoms with Crippen molar-refractivity contribution in [2.75, 3.05) is 13.2 Å². The number of hydrogen-bond acceptors (Lipinski definition) is 2. The van der Waals surface area contributed by atoms with Crippen LogP contribution in [0.2, 0.25) is 0 Å². The molecule has 0 heterocycles. The van der Waals surface area contributed by atoms with Crippen LogP contribution in [0.3, 0.4) is 0 Å². The summed E-state index contributed by atoms with van der Waals surface area (Å²) in [5.41, 5.74) is 5.22. The first-order chi connectivity index (χ1) is 5.72. The van der Waals surface area contributed by atoms with E-state index in [1.165, 1.54) is 12.1 Å². The number of rotatable bonds is 3. The largest absolute Gasteiger partial charge is 0.492 e. The van der Waals surface area contributed by atoms with Gasteiger partial charge in [-0.15, -0.1) is 12.4 Å². The molecule has 0 bridgehead atoms. The van der Waals surface area contributed by atoms with Gasteiger partial charge in [-0.25, -0.2) is 4.39 Å². The van der Waals surface area contributed by atoms with Gasteiger partial charge in [0.05, 0.1) is 0 Å². The van der Waals surface area contributed by atoms with Crippen LogP contribution in [0.4, 0.5) is 4.39 Å². The van der Waals surface area contributed by atoms with Crippen LogP contribution in [0.1, 0.15) is 0 Å². The molecule has 0 amide bonds. The molecule has 1 aromatic carbocycles. The maximum Gasteiger partial charge on any atom is 0.128 e. The van der Waals surface area contributed by atoms with Crippen molar-refractivity contribution in [1.29, 1.82) is 0 Å². The molecule has 5 heteroatoms. The standard InChI is InChI=1S/C8H9BrFNO.ClH/c9-6-3-7(10)5-8(4-6)12-2-1-11;/h3-5H,1-2,11H2;1H. The van der Waals surface area contributed by atoms with Crippen molar-refractivity contribution >= 4 is 28.3 Å². The van der Waals surface area contributed by atoms with Gasteiger partial charge in [0.15, 0.2) is 0 Å². The van der Waals surface area contributed by atoms with E-state index in [9.17, 15) is 4.39 Å². The fourth-order valence-corrected chi connectivity index (χ4v) is 1.23. The zero-order valence-electron chi connectivity index (χ0n) is 6.80. The molecular weight excluding hydrogens is 260 g/mol. The molecule has 0 aliphatic carbocycles. The molecule has 0 atom stereocenters. The Kier molecular flexibility index (Phi) is 6.03. The minimum absolute atomic E-state index is 0. The van der Waals surface area contributed by atoms with Crippen LogP contribution < -0.4 is 10.5 Å². The highest BCUT2D eigenvalue weighted by atomic mass is 79.9. The summed E-state index contributed by atoms with van der Waals surface area (Å²) in [5, 5.41) is 0. The molecule has 74 valence electrons. The van der Waals surface area contributed by atoms with Gasteiger partial charge in [0, 0.05) is 17.1 Å². The maximum atomic E-state index is 12.7. The monoisotopic (exact) mass is 269 g/mol. The molecule has 0 saturated carbocycles. The normalized spacial score (nSPS) is 9.15. The summed E-state index contributed by atoms with van der Waals surface area (Å²) in [5.74, 6) is 0.170. The Hall–Kier alpha value is -0.320.